The summed E-state index contributed by atoms with van der Waals surface area (Å²) in [5, 5.41) is 1.05. The molecule has 0 spiro atoms. The van der Waals surface area contributed by atoms with Gasteiger partial charge in [-0.15, -0.1) is 23.7 Å². The van der Waals surface area contributed by atoms with Crippen LogP contribution in [0.4, 0.5) is 11.4 Å². The molecule has 0 radical (unpaired) electrons. The van der Waals surface area contributed by atoms with E-state index in [1.54, 1.807) is 11.3 Å². The van der Waals surface area contributed by atoms with Gasteiger partial charge in [0.15, 0.2) is 0 Å². The first kappa shape index (κ1) is 20.0. The number of allylic oxidation sites excluding steroid dienone is 1. The number of halogens is 2. The van der Waals surface area contributed by atoms with Crippen LogP contribution in [0.1, 0.15) is 17.5 Å². The molecule has 29 heavy (non-hydrogen) atoms. The summed E-state index contributed by atoms with van der Waals surface area (Å²) in [4.78, 5) is 7.09. The van der Waals surface area contributed by atoms with Crippen LogP contribution < -0.4 is 4.90 Å². The molecule has 4 aromatic rings. The molecule has 0 bridgehead atoms. The molecule has 0 saturated carbocycles. The molecule has 0 amide bonds. The highest BCUT2D eigenvalue weighted by Crippen LogP contribution is 2.43. The van der Waals surface area contributed by atoms with Gasteiger partial charge in [0.1, 0.15) is 10.5 Å². The van der Waals surface area contributed by atoms with Crippen LogP contribution in [0.2, 0.25) is 0 Å². The minimum atomic E-state index is -0.246. The third-order valence-electron chi connectivity index (χ3n) is 5.28. The van der Waals surface area contributed by atoms with Crippen LogP contribution in [0.15, 0.2) is 84.4 Å². The van der Waals surface area contributed by atoms with E-state index < -0.39 is 0 Å². The summed E-state index contributed by atoms with van der Waals surface area (Å²) < 4.78 is 1.21. The summed E-state index contributed by atoms with van der Waals surface area (Å²) in [5.74, 6) is 0. The lowest BCUT2D eigenvalue weighted by Crippen LogP contribution is -2.34. The summed E-state index contributed by atoms with van der Waals surface area (Å²) in [6.45, 7) is 2.15. The maximum Gasteiger partial charge on any atom is 0.131 e. The zero-order valence-corrected chi connectivity index (χ0v) is 18.3. The second-order valence-corrected chi connectivity index (χ2v) is 8.43. The molecule has 5 heteroatoms. The minimum Gasteiger partial charge on any atom is -0.320 e. The Hall–Kier alpha value is -2.33. The van der Waals surface area contributed by atoms with E-state index in [1.165, 1.54) is 27.1 Å². The number of aromatic nitrogens is 1. The molecule has 2 nitrogen and oxygen atoms in total. The van der Waals surface area contributed by atoms with Gasteiger partial charge in [0.05, 0.1) is 10.2 Å². The van der Waals surface area contributed by atoms with E-state index in [0.29, 0.717) is 0 Å². The molecule has 1 atom stereocenters. The molecule has 146 valence electrons. The Bertz CT molecular complexity index is 1150. The highest BCUT2D eigenvalue weighted by atomic mass is 35.5. The minimum absolute atomic E-state index is 0. The first-order valence-corrected chi connectivity index (χ1v) is 10.6. The fourth-order valence-corrected chi connectivity index (χ4v) is 5.26. The molecule has 3 aromatic carbocycles. The topological polar surface area (TPSA) is 16.1 Å². The molecular weight excluding hydrogens is 419 g/mol. The van der Waals surface area contributed by atoms with Crippen LogP contribution >= 0.6 is 35.3 Å². The summed E-state index contributed by atoms with van der Waals surface area (Å²) in [6.07, 6.45) is 0.843. The summed E-state index contributed by atoms with van der Waals surface area (Å²) in [6, 6.07) is 27.2. The Labute approximate surface area is 185 Å². The number of nitrogens with zero attached hydrogens (tertiary/aromatic N) is 2. The summed E-state index contributed by atoms with van der Waals surface area (Å²) in [7, 11) is 0. The smallest absolute Gasteiger partial charge is 0.131 e. The molecule has 0 saturated heterocycles. The normalized spacial score (nSPS) is 17.6. The molecule has 1 aromatic heterocycles. The van der Waals surface area contributed by atoms with Crippen LogP contribution in [0.3, 0.4) is 0 Å². The molecule has 0 N–H and O–H groups in total. The fourth-order valence-electron chi connectivity index (χ4n) is 3.80. The second kappa shape index (κ2) is 8.19. The molecule has 2 heterocycles. The van der Waals surface area contributed by atoms with E-state index in [-0.39, 0.29) is 17.9 Å². The standard InChI is InChI=1S/C24H19ClN2S.ClH/c1-16(24-26-20-12-6-8-14-22(20)28-24)19-15-17-9-5-7-13-21(17)27(23(19)25)18-10-3-2-4-11-18;/h2-14,23H,15H2,1H3;1H. The van der Waals surface area contributed by atoms with Crippen molar-refractivity contribution in [2.75, 3.05) is 4.90 Å². The number of para-hydroxylation sites is 3. The number of thiazole rings is 1. The van der Waals surface area contributed by atoms with Crippen LogP contribution in [-0.2, 0) is 6.42 Å². The highest BCUT2D eigenvalue weighted by molar-refractivity contribution is 7.19. The van der Waals surface area contributed by atoms with Gasteiger partial charge in [0, 0.05) is 11.4 Å². The lowest BCUT2D eigenvalue weighted by Gasteiger charge is -2.38. The van der Waals surface area contributed by atoms with Crippen molar-refractivity contribution in [2.45, 2.75) is 18.8 Å². The summed E-state index contributed by atoms with van der Waals surface area (Å²) >= 11 is 8.83. The average Bonchev–Trinajstić information content (AvgIpc) is 3.18. The molecular formula is C24H20Cl2N2S. The van der Waals surface area contributed by atoms with Crippen molar-refractivity contribution >= 4 is 62.5 Å². The number of rotatable bonds is 2. The molecule has 0 fully saturated rings. The number of anilines is 2. The molecule has 1 aliphatic rings. The van der Waals surface area contributed by atoms with Crippen molar-refractivity contribution < 1.29 is 0 Å². The Morgan fingerprint density at radius 2 is 1.66 bits per heavy atom. The van der Waals surface area contributed by atoms with Gasteiger partial charge in [-0.3, -0.25) is 0 Å². The first-order valence-electron chi connectivity index (χ1n) is 9.34. The van der Waals surface area contributed by atoms with Crippen LogP contribution in [0.5, 0.6) is 0 Å². The van der Waals surface area contributed by atoms with E-state index in [2.05, 4.69) is 78.6 Å². The Balaban J connectivity index is 0.00000205. The Kier molecular flexibility index (Phi) is 5.64. The van der Waals surface area contributed by atoms with Crippen molar-refractivity contribution in [3.8, 4) is 0 Å². The van der Waals surface area contributed by atoms with Crippen molar-refractivity contribution in [1.82, 2.24) is 4.98 Å². The SMILES string of the molecule is CC(=C1Cc2ccccc2N(c2ccccc2)C1Cl)c1nc2ccccc2s1.Cl. The van der Waals surface area contributed by atoms with Gasteiger partial charge in [-0.25, -0.2) is 4.98 Å². The lowest BCUT2D eigenvalue weighted by molar-refractivity contribution is 0.872. The van der Waals surface area contributed by atoms with Crippen molar-refractivity contribution in [3.05, 3.63) is 95.0 Å². The Morgan fingerprint density at radius 3 is 2.45 bits per heavy atom. The van der Waals surface area contributed by atoms with E-state index >= 15 is 0 Å². The zero-order chi connectivity index (χ0) is 19.1. The lowest BCUT2D eigenvalue weighted by atomic mass is 9.93. The quantitative estimate of drug-likeness (QED) is 0.238. The van der Waals surface area contributed by atoms with Crippen molar-refractivity contribution in [1.29, 1.82) is 0 Å². The Morgan fingerprint density at radius 1 is 0.966 bits per heavy atom. The fraction of sp³-hybridized carbons (Fsp3) is 0.125. The van der Waals surface area contributed by atoms with Gasteiger partial charge in [-0.2, -0.15) is 0 Å². The largest absolute Gasteiger partial charge is 0.320 e. The number of hydrogen-bond acceptors (Lipinski definition) is 3. The third kappa shape index (κ3) is 3.55. The van der Waals surface area contributed by atoms with E-state index in [1.807, 2.05) is 12.1 Å². The van der Waals surface area contributed by atoms with E-state index in [4.69, 9.17) is 16.6 Å². The maximum atomic E-state index is 7.10. The third-order valence-corrected chi connectivity index (χ3v) is 6.89. The van der Waals surface area contributed by atoms with Gasteiger partial charge >= 0.3 is 0 Å². The van der Waals surface area contributed by atoms with Gasteiger partial charge < -0.3 is 4.90 Å². The van der Waals surface area contributed by atoms with Gasteiger partial charge in [0.25, 0.3) is 0 Å². The van der Waals surface area contributed by atoms with Crippen molar-refractivity contribution in [2.24, 2.45) is 0 Å². The molecule has 1 unspecified atom stereocenters. The van der Waals surface area contributed by atoms with E-state index in [9.17, 15) is 0 Å². The second-order valence-electron chi connectivity index (χ2n) is 6.98. The zero-order valence-electron chi connectivity index (χ0n) is 15.9. The number of benzene rings is 3. The number of alkyl halides is 1. The molecule has 0 aliphatic carbocycles. The van der Waals surface area contributed by atoms with Gasteiger partial charge in [-0.1, -0.05) is 60.1 Å². The number of hydrogen-bond donors (Lipinski definition) is 0. The first-order chi connectivity index (χ1) is 13.7. The van der Waals surface area contributed by atoms with Crippen molar-refractivity contribution in [3.63, 3.8) is 0 Å². The predicted molar refractivity (Wildman–Crippen MR) is 128 cm³/mol. The van der Waals surface area contributed by atoms with Gasteiger partial charge in [0.2, 0.25) is 0 Å². The summed E-state index contributed by atoms with van der Waals surface area (Å²) in [5.41, 5.74) is 6.76. The maximum absolute atomic E-state index is 7.10. The number of fused-ring (bicyclic) bond motifs is 2. The molecule has 1 aliphatic heterocycles. The predicted octanol–water partition coefficient (Wildman–Crippen LogP) is 7.45. The van der Waals surface area contributed by atoms with Crippen LogP contribution in [-0.4, -0.2) is 10.5 Å². The monoisotopic (exact) mass is 438 g/mol. The van der Waals surface area contributed by atoms with Crippen LogP contribution in [0.25, 0.3) is 15.8 Å². The molecule has 5 rings (SSSR count). The van der Waals surface area contributed by atoms with E-state index in [0.717, 1.165) is 22.6 Å². The average molecular weight is 439 g/mol. The van der Waals surface area contributed by atoms with Crippen LogP contribution in [0, 0.1) is 0 Å². The highest BCUT2D eigenvalue weighted by Gasteiger charge is 2.31. The van der Waals surface area contributed by atoms with Gasteiger partial charge in [-0.05, 0) is 60.4 Å².